The van der Waals surface area contributed by atoms with Crippen LogP contribution in [0.4, 0.5) is 0 Å². The van der Waals surface area contributed by atoms with E-state index in [1.165, 1.54) is 32.6 Å². The first-order chi connectivity index (χ1) is 6.66. The summed E-state index contributed by atoms with van der Waals surface area (Å²) in [5, 5.41) is 3.37. The summed E-state index contributed by atoms with van der Waals surface area (Å²) >= 11 is 0. The van der Waals surface area contributed by atoms with Gasteiger partial charge in [-0.1, -0.05) is 6.92 Å². The Bertz CT molecular complexity index is 181. The van der Waals surface area contributed by atoms with E-state index in [4.69, 9.17) is 0 Å². The maximum absolute atomic E-state index is 3.37. The smallest absolute Gasteiger partial charge is 0.00388 e. The summed E-state index contributed by atoms with van der Waals surface area (Å²) in [6, 6.07) is 0.756. The standard InChI is InChI=1S/C12H24N2/c1-9(2)14-7-11(8-14)4-10(3)12-5-13-6-12/h9-13H,4-8H2,1-3H3. The Hall–Kier alpha value is -0.0800. The van der Waals surface area contributed by atoms with Crippen LogP contribution in [0.5, 0.6) is 0 Å². The summed E-state index contributed by atoms with van der Waals surface area (Å²) in [6.07, 6.45) is 1.45. The lowest BCUT2D eigenvalue weighted by atomic mass is 9.80. The number of hydrogen-bond donors (Lipinski definition) is 1. The molecule has 2 heteroatoms. The van der Waals surface area contributed by atoms with Gasteiger partial charge in [-0.2, -0.15) is 0 Å². The van der Waals surface area contributed by atoms with Crippen LogP contribution >= 0.6 is 0 Å². The van der Waals surface area contributed by atoms with E-state index >= 15 is 0 Å². The molecule has 0 aliphatic carbocycles. The van der Waals surface area contributed by atoms with Crippen LogP contribution in [-0.4, -0.2) is 37.1 Å². The molecule has 2 fully saturated rings. The number of hydrogen-bond acceptors (Lipinski definition) is 2. The van der Waals surface area contributed by atoms with Gasteiger partial charge in [-0.3, -0.25) is 0 Å². The molecule has 82 valence electrons. The van der Waals surface area contributed by atoms with Crippen LogP contribution in [0.15, 0.2) is 0 Å². The molecular formula is C12H24N2. The predicted octanol–water partition coefficient (Wildman–Crippen LogP) is 1.57. The van der Waals surface area contributed by atoms with Crippen molar-refractivity contribution in [2.45, 2.75) is 33.2 Å². The molecule has 1 unspecified atom stereocenters. The highest BCUT2D eigenvalue weighted by atomic mass is 15.2. The van der Waals surface area contributed by atoms with Crippen molar-refractivity contribution in [2.24, 2.45) is 17.8 Å². The molecule has 0 bridgehead atoms. The lowest BCUT2D eigenvalue weighted by molar-refractivity contribution is 0.0438. The van der Waals surface area contributed by atoms with Gasteiger partial charge in [-0.25, -0.2) is 0 Å². The van der Waals surface area contributed by atoms with Crippen LogP contribution in [-0.2, 0) is 0 Å². The molecule has 2 aliphatic rings. The number of rotatable bonds is 4. The van der Waals surface area contributed by atoms with E-state index < -0.39 is 0 Å². The van der Waals surface area contributed by atoms with Gasteiger partial charge in [0.2, 0.25) is 0 Å². The molecule has 0 aromatic rings. The normalized spacial score (nSPS) is 27.4. The van der Waals surface area contributed by atoms with Crippen molar-refractivity contribution >= 4 is 0 Å². The summed E-state index contributed by atoms with van der Waals surface area (Å²) in [7, 11) is 0. The molecular weight excluding hydrogens is 172 g/mol. The lowest BCUT2D eigenvalue weighted by Crippen LogP contribution is -2.52. The average molecular weight is 196 g/mol. The van der Waals surface area contributed by atoms with Crippen LogP contribution in [0.1, 0.15) is 27.2 Å². The molecule has 0 aromatic heterocycles. The zero-order valence-corrected chi connectivity index (χ0v) is 9.79. The molecule has 0 aromatic carbocycles. The van der Waals surface area contributed by atoms with Crippen LogP contribution in [0.25, 0.3) is 0 Å². The van der Waals surface area contributed by atoms with Crippen LogP contribution in [0, 0.1) is 17.8 Å². The molecule has 0 radical (unpaired) electrons. The van der Waals surface area contributed by atoms with E-state index in [1.54, 1.807) is 0 Å². The highest BCUT2D eigenvalue weighted by molar-refractivity contribution is 4.87. The molecule has 2 heterocycles. The molecule has 0 spiro atoms. The summed E-state index contributed by atoms with van der Waals surface area (Å²) in [5.41, 5.74) is 0. The average Bonchev–Trinajstić information content (AvgIpc) is 1.91. The maximum Gasteiger partial charge on any atom is 0.00388 e. The first-order valence-electron chi connectivity index (χ1n) is 6.11. The van der Waals surface area contributed by atoms with Gasteiger partial charge in [0.25, 0.3) is 0 Å². The molecule has 1 N–H and O–H groups in total. The van der Waals surface area contributed by atoms with Crippen LogP contribution in [0.2, 0.25) is 0 Å². The topological polar surface area (TPSA) is 15.3 Å². The number of likely N-dealkylation sites (tertiary alicyclic amines) is 1. The maximum atomic E-state index is 3.37. The highest BCUT2D eigenvalue weighted by Crippen LogP contribution is 2.29. The first kappa shape index (κ1) is 10.4. The zero-order valence-electron chi connectivity index (χ0n) is 9.79. The molecule has 2 nitrogen and oxygen atoms in total. The lowest BCUT2D eigenvalue weighted by Gasteiger charge is -2.45. The number of nitrogens with zero attached hydrogens (tertiary/aromatic N) is 1. The minimum atomic E-state index is 0.756. The van der Waals surface area contributed by atoms with Gasteiger partial charge < -0.3 is 10.2 Å². The van der Waals surface area contributed by atoms with E-state index in [1.807, 2.05) is 0 Å². The summed E-state index contributed by atoms with van der Waals surface area (Å²) in [6.45, 7) is 12.3. The fourth-order valence-electron chi connectivity index (χ4n) is 2.61. The Labute approximate surface area is 88.1 Å². The third-order valence-corrected chi connectivity index (χ3v) is 4.04. The van der Waals surface area contributed by atoms with Crippen molar-refractivity contribution in [1.82, 2.24) is 10.2 Å². The van der Waals surface area contributed by atoms with Crippen molar-refractivity contribution in [3.05, 3.63) is 0 Å². The Balaban J connectivity index is 1.63. The second-order valence-corrected chi connectivity index (χ2v) is 5.54. The summed E-state index contributed by atoms with van der Waals surface area (Å²) < 4.78 is 0. The van der Waals surface area contributed by atoms with Crippen molar-refractivity contribution in [1.29, 1.82) is 0 Å². The van der Waals surface area contributed by atoms with Crippen molar-refractivity contribution in [3.63, 3.8) is 0 Å². The van der Waals surface area contributed by atoms with E-state index in [0.29, 0.717) is 0 Å². The fraction of sp³-hybridized carbons (Fsp3) is 1.00. The molecule has 0 saturated carbocycles. The summed E-state index contributed by atoms with van der Waals surface area (Å²) in [5.74, 6) is 2.91. The largest absolute Gasteiger partial charge is 0.316 e. The summed E-state index contributed by atoms with van der Waals surface area (Å²) in [4.78, 5) is 2.58. The second-order valence-electron chi connectivity index (χ2n) is 5.54. The minimum Gasteiger partial charge on any atom is -0.316 e. The molecule has 2 rings (SSSR count). The second kappa shape index (κ2) is 4.19. The van der Waals surface area contributed by atoms with Gasteiger partial charge in [0.1, 0.15) is 0 Å². The highest BCUT2D eigenvalue weighted by Gasteiger charge is 2.32. The van der Waals surface area contributed by atoms with Gasteiger partial charge in [0.05, 0.1) is 0 Å². The monoisotopic (exact) mass is 196 g/mol. The van der Waals surface area contributed by atoms with Gasteiger partial charge in [0, 0.05) is 19.1 Å². The Morgan fingerprint density at radius 3 is 2.29 bits per heavy atom. The first-order valence-corrected chi connectivity index (χ1v) is 6.11. The Morgan fingerprint density at radius 2 is 1.86 bits per heavy atom. The Kier molecular flexibility index (Phi) is 3.13. The third-order valence-electron chi connectivity index (χ3n) is 4.04. The molecule has 2 saturated heterocycles. The van der Waals surface area contributed by atoms with Crippen molar-refractivity contribution in [2.75, 3.05) is 26.2 Å². The van der Waals surface area contributed by atoms with Gasteiger partial charge in [-0.15, -0.1) is 0 Å². The van der Waals surface area contributed by atoms with Crippen LogP contribution < -0.4 is 5.32 Å². The molecule has 14 heavy (non-hydrogen) atoms. The minimum absolute atomic E-state index is 0.756. The zero-order chi connectivity index (χ0) is 10.1. The Morgan fingerprint density at radius 1 is 1.21 bits per heavy atom. The van der Waals surface area contributed by atoms with Crippen LogP contribution in [0.3, 0.4) is 0 Å². The SMILES string of the molecule is CC(CC1CN(C(C)C)C1)C1CNC1. The van der Waals surface area contributed by atoms with E-state index in [-0.39, 0.29) is 0 Å². The van der Waals surface area contributed by atoms with Gasteiger partial charge in [-0.05, 0) is 51.1 Å². The van der Waals surface area contributed by atoms with Gasteiger partial charge in [0.15, 0.2) is 0 Å². The van der Waals surface area contributed by atoms with Crippen molar-refractivity contribution in [3.8, 4) is 0 Å². The molecule has 2 aliphatic heterocycles. The van der Waals surface area contributed by atoms with Crippen molar-refractivity contribution < 1.29 is 0 Å². The predicted molar refractivity (Wildman–Crippen MR) is 60.3 cm³/mol. The third kappa shape index (κ3) is 2.12. The molecule has 0 amide bonds. The van der Waals surface area contributed by atoms with E-state index in [0.717, 1.165) is 23.8 Å². The fourth-order valence-corrected chi connectivity index (χ4v) is 2.61. The molecule has 1 atom stereocenters. The quantitative estimate of drug-likeness (QED) is 0.734. The van der Waals surface area contributed by atoms with E-state index in [9.17, 15) is 0 Å². The van der Waals surface area contributed by atoms with Gasteiger partial charge >= 0.3 is 0 Å². The number of nitrogens with one attached hydrogen (secondary N) is 1. The van der Waals surface area contributed by atoms with E-state index in [2.05, 4.69) is 31.0 Å².